The number of carbonyl (C=O) groups is 2. The summed E-state index contributed by atoms with van der Waals surface area (Å²) < 4.78 is 5.15. The molecule has 1 aliphatic rings. The van der Waals surface area contributed by atoms with E-state index >= 15 is 0 Å². The molecule has 0 aromatic heterocycles. The number of ether oxygens (including phenoxy) is 1. The molecule has 0 bridgehead atoms. The molecule has 184 valence electrons. The average Bonchev–Trinajstić information content (AvgIpc) is 2.80. The summed E-state index contributed by atoms with van der Waals surface area (Å²) in [7, 11) is 0. The number of benzene rings is 2. The Kier molecular flexibility index (Phi) is 8.72. The van der Waals surface area contributed by atoms with E-state index in [0.717, 1.165) is 30.6 Å². The molecule has 0 spiro atoms. The molecule has 3 unspecified atom stereocenters. The van der Waals surface area contributed by atoms with Crippen molar-refractivity contribution >= 4 is 11.9 Å². The van der Waals surface area contributed by atoms with Gasteiger partial charge in [0, 0.05) is 13.1 Å². The third-order valence-corrected chi connectivity index (χ3v) is 7.02. The molecule has 1 heterocycles. The fourth-order valence-corrected chi connectivity index (χ4v) is 4.83. The molecule has 0 aliphatic carbocycles. The van der Waals surface area contributed by atoms with Crippen LogP contribution in [0.1, 0.15) is 45.2 Å². The van der Waals surface area contributed by atoms with Gasteiger partial charge in [0.25, 0.3) is 0 Å². The predicted molar refractivity (Wildman–Crippen MR) is 134 cm³/mol. The Bertz CT molecular complexity index is 962. The van der Waals surface area contributed by atoms with Crippen LogP contribution in [-0.2, 0) is 26.2 Å². The molecule has 2 aromatic carbocycles. The monoisotopic (exact) mass is 466 g/mol. The Morgan fingerprint density at radius 3 is 2.56 bits per heavy atom. The molecule has 1 aliphatic heterocycles. The number of esters is 1. The van der Waals surface area contributed by atoms with Crippen LogP contribution in [0.5, 0.6) is 5.75 Å². The highest BCUT2D eigenvalue weighted by atomic mass is 16.5. The summed E-state index contributed by atoms with van der Waals surface area (Å²) in [5.41, 5.74) is 2.22. The first-order valence-corrected chi connectivity index (χ1v) is 12.2. The second kappa shape index (κ2) is 11.5. The van der Waals surface area contributed by atoms with Gasteiger partial charge < -0.3 is 20.1 Å². The number of nitrogens with zero attached hydrogens (tertiary/aromatic N) is 1. The van der Waals surface area contributed by atoms with Crippen LogP contribution in [0.2, 0.25) is 0 Å². The fourth-order valence-electron chi connectivity index (χ4n) is 4.83. The summed E-state index contributed by atoms with van der Waals surface area (Å²) >= 11 is 0. The Balaban J connectivity index is 1.67. The highest BCUT2D eigenvalue weighted by Crippen LogP contribution is 2.40. The van der Waals surface area contributed by atoms with Crippen molar-refractivity contribution in [1.29, 1.82) is 0 Å². The number of hydrogen-bond donors (Lipinski definition) is 2. The van der Waals surface area contributed by atoms with E-state index in [1.165, 1.54) is 0 Å². The third-order valence-electron chi connectivity index (χ3n) is 7.02. The van der Waals surface area contributed by atoms with Gasteiger partial charge in [-0.1, -0.05) is 56.3 Å². The molecule has 0 saturated carbocycles. The summed E-state index contributed by atoms with van der Waals surface area (Å²) in [6.07, 6.45) is 1.35. The number of amides is 1. The SMILES string of the molecule is CC(C)OC(=O)CNC(=O)C(Cc1ccccc1)CN1CCC(C)(c2cccc(O)c2)C(C)C1. The highest BCUT2D eigenvalue weighted by molar-refractivity contribution is 5.84. The lowest BCUT2D eigenvalue weighted by Gasteiger charge is -2.45. The summed E-state index contributed by atoms with van der Waals surface area (Å²) in [6, 6.07) is 17.6. The average molecular weight is 467 g/mol. The molecule has 3 rings (SSSR count). The summed E-state index contributed by atoms with van der Waals surface area (Å²) in [5.74, 6) is -0.172. The molecule has 0 radical (unpaired) electrons. The Morgan fingerprint density at radius 1 is 1.18 bits per heavy atom. The summed E-state index contributed by atoms with van der Waals surface area (Å²) in [6.45, 7) is 10.3. The number of rotatable bonds is 9. The molecule has 1 fully saturated rings. The molecular formula is C28H38N2O4. The molecule has 3 atom stereocenters. The molecule has 1 amide bonds. The molecule has 34 heavy (non-hydrogen) atoms. The maximum atomic E-state index is 13.1. The normalized spacial score (nSPS) is 21.7. The van der Waals surface area contributed by atoms with Crippen LogP contribution < -0.4 is 5.32 Å². The van der Waals surface area contributed by atoms with E-state index in [1.807, 2.05) is 42.5 Å². The van der Waals surface area contributed by atoms with Crippen LogP contribution in [0.25, 0.3) is 0 Å². The second-order valence-corrected chi connectivity index (χ2v) is 10.0. The van der Waals surface area contributed by atoms with Crippen LogP contribution in [0.15, 0.2) is 54.6 Å². The molecule has 2 N–H and O–H groups in total. The van der Waals surface area contributed by atoms with E-state index < -0.39 is 5.97 Å². The minimum absolute atomic E-state index is 0.0347. The Morgan fingerprint density at radius 2 is 1.91 bits per heavy atom. The number of nitrogens with one attached hydrogen (secondary N) is 1. The quantitative estimate of drug-likeness (QED) is 0.548. The van der Waals surface area contributed by atoms with Crippen molar-refractivity contribution in [1.82, 2.24) is 10.2 Å². The van der Waals surface area contributed by atoms with Crippen molar-refractivity contribution in [3.63, 3.8) is 0 Å². The maximum absolute atomic E-state index is 13.1. The van der Waals surface area contributed by atoms with Crippen molar-refractivity contribution in [3.8, 4) is 5.75 Å². The van der Waals surface area contributed by atoms with E-state index in [4.69, 9.17) is 4.74 Å². The minimum atomic E-state index is -0.421. The highest BCUT2D eigenvalue weighted by Gasteiger charge is 2.39. The van der Waals surface area contributed by atoms with Crippen molar-refractivity contribution in [2.45, 2.75) is 52.1 Å². The van der Waals surface area contributed by atoms with Crippen molar-refractivity contribution < 1.29 is 19.4 Å². The van der Waals surface area contributed by atoms with Gasteiger partial charge in [-0.15, -0.1) is 0 Å². The first-order valence-electron chi connectivity index (χ1n) is 12.2. The van der Waals surface area contributed by atoms with E-state index in [2.05, 4.69) is 30.1 Å². The molecule has 6 heteroatoms. The fraction of sp³-hybridized carbons (Fsp3) is 0.500. The molecular weight excluding hydrogens is 428 g/mol. The number of piperidine rings is 1. The Labute approximate surface area is 203 Å². The number of likely N-dealkylation sites (tertiary alicyclic amines) is 1. The standard InChI is InChI=1S/C28H38N2O4/c1-20(2)34-26(32)17-29-27(33)23(15-22-9-6-5-7-10-22)19-30-14-13-28(4,21(3)18-30)24-11-8-12-25(31)16-24/h5-12,16,20-21,23,31H,13-15,17-19H2,1-4H3,(H,29,33). The number of phenols is 1. The first-order chi connectivity index (χ1) is 16.2. The van der Waals surface area contributed by atoms with Crippen LogP contribution >= 0.6 is 0 Å². The molecule has 2 aromatic rings. The van der Waals surface area contributed by atoms with Gasteiger partial charge in [0.2, 0.25) is 5.91 Å². The van der Waals surface area contributed by atoms with E-state index in [9.17, 15) is 14.7 Å². The lowest BCUT2D eigenvalue weighted by molar-refractivity contribution is -0.147. The van der Waals surface area contributed by atoms with Gasteiger partial charge in [0.05, 0.1) is 12.0 Å². The zero-order valence-electron chi connectivity index (χ0n) is 20.8. The number of hydrogen-bond acceptors (Lipinski definition) is 5. The zero-order valence-corrected chi connectivity index (χ0v) is 20.8. The van der Waals surface area contributed by atoms with E-state index in [1.54, 1.807) is 19.9 Å². The van der Waals surface area contributed by atoms with Crippen molar-refractivity contribution in [2.24, 2.45) is 11.8 Å². The number of aromatic hydroxyl groups is 1. The van der Waals surface area contributed by atoms with Crippen molar-refractivity contribution in [2.75, 3.05) is 26.2 Å². The minimum Gasteiger partial charge on any atom is -0.508 e. The Hall–Kier alpha value is -2.86. The van der Waals surface area contributed by atoms with Crippen LogP contribution in [0.3, 0.4) is 0 Å². The van der Waals surface area contributed by atoms with Crippen LogP contribution in [-0.4, -0.2) is 54.2 Å². The van der Waals surface area contributed by atoms with Gasteiger partial charge in [-0.2, -0.15) is 0 Å². The van der Waals surface area contributed by atoms with Crippen molar-refractivity contribution in [3.05, 3.63) is 65.7 Å². The van der Waals surface area contributed by atoms with Crippen LogP contribution in [0, 0.1) is 11.8 Å². The van der Waals surface area contributed by atoms with Gasteiger partial charge in [-0.25, -0.2) is 0 Å². The van der Waals surface area contributed by atoms with Gasteiger partial charge >= 0.3 is 5.97 Å². The summed E-state index contributed by atoms with van der Waals surface area (Å²) in [5, 5.41) is 12.8. The smallest absolute Gasteiger partial charge is 0.325 e. The second-order valence-electron chi connectivity index (χ2n) is 10.0. The van der Waals surface area contributed by atoms with E-state index in [0.29, 0.717) is 24.6 Å². The maximum Gasteiger partial charge on any atom is 0.325 e. The topological polar surface area (TPSA) is 78.9 Å². The number of carbonyl (C=O) groups excluding carboxylic acids is 2. The predicted octanol–water partition coefficient (Wildman–Crippen LogP) is 3.92. The first kappa shape index (κ1) is 25.8. The van der Waals surface area contributed by atoms with Gasteiger partial charge in [-0.3, -0.25) is 9.59 Å². The van der Waals surface area contributed by atoms with Gasteiger partial charge in [0.15, 0.2) is 0 Å². The summed E-state index contributed by atoms with van der Waals surface area (Å²) in [4.78, 5) is 27.4. The third kappa shape index (κ3) is 6.83. The number of phenolic OH excluding ortho intramolecular Hbond substituents is 1. The molecule has 6 nitrogen and oxygen atoms in total. The largest absolute Gasteiger partial charge is 0.508 e. The zero-order chi connectivity index (χ0) is 24.7. The lowest BCUT2D eigenvalue weighted by Crippen LogP contribution is -2.50. The van der Waals surface area contributed by atoms with Gasteiger partial charge in [0.1, 0.15) is 12.3 Å². The lowest BCUT2D eigenvalue weighted by atomic mass is 9.68. The van der Waals surface area contributed by atoms with Crippen LogP contribution in [0.4, 0.5) is 0 Å². The molecule has 1 saturated heterocycles. The van der Waals surface area contributed by atoms with Gasteiger partial charge in [-0.05, 0) is 67.8 Å². The van der Waals surface area contributed by atoms with E-state index in [-0.39, 0.29) is 29.9 Å².